The summed E-state index contributed by atoms with van der Waals surface area (Å²) >= 11 is 0. The van der Waals surface area contributed by atoms with Gasteiger partial charge in [0, 0.05) is 24.3 Å². The average molecular weight is 374 g/mol. The van der Waals surface area contributed by atoms with Crippen LogP contribution in [0.2, 0.25) is 0 Å². The van der Waals surface area contributed by atoms with E-state index in [0.29, 0.717) is 6.04 Å². The van der Waals surface area contributed by atoms with E-state index in [1.165, 1.54) is 10.8 Å². The lowest BCUT2D eigenvalue weighted by atomic mass is 9.99. The number of benzene rings is 3. The predicted octanol–water partition coefficient (Wildman–Crippen LogP) is 4.37. The molecular weight excluding hydrogens is 346 g/mol. The maximum absolute atomic E-state index is 13.0. The van der Waals surface area contributed by atoms with E-state index >= 15 is 0 Å². The van der Waals surface area contributed by atoms with Crippen molar-refractivity contribution in [1.82, 2.24) is 10.2 Å². The van der Waals surface area contributed by atoms with Crippen LogP contribution in [0.25, 0.3) is 10.8 Å². The number of aryl methyl sites for hydroxylation is 1. The van der Waals surface area contributed by atoms with Crippen LogP contribution in [0.1, 0.15) is 34.5 Å². The monoisotopic (exact) mass is 373 g/mol. The molecule has 4 rings (SSSR count). The van der Waals surface area contributed by atoms with Gasteiger partial charge in [0.25, 0.3) is 5.91 Å². The molecule has 1 unspecified atom stereocenters. The van der Waals surface area contributed by atoms with Gasteiger partial charge in [-0.3, -0.25) is 4.79 Å². The number of hydrogen-bond acceptors (Lipinski definition) is 3. The molecule has 4 heteroatoms. The van der Waals surface area contributed by atoms with Crippen LogP contribution in [-0.2, 0) is 0 Å². The first kappa shape index (κ1) is 18.5. The van der Waals surface area contributed by atoms with Crippen LogP contribution in [-0.4, -0.2) is 37.0 Å². The van der Waals surface area contributed by atoms with Crippen LogP contribution < -0.4 is 10.6 Å². The van der Waals surface area contributed by atoms with Crippen LogP contribution in [0, 0.1) is 6.92 Å². The highest BCUT2D eigenvalue weighted by molar-refractivity contribution is 5.97. The molecule has 3 aromatic carbocycles. The summed E-state index contributed by atoms with van der Waals surface area (Å²) in [6.45, 7) is 6.10. The molecule has 1 aliphatic rings. The van der Waals surface area contributed by atoms with Crippen molar-refractivity contribution in [3.63, 3.8) is 0 Å². The summed E-state index contributed by atoms with van der Waals surface area (Å²) in [4.78, 5) is 15.3. The molecule has 1 heterocycles. The number of rotatable bonds is 5. The molecule has 1 saturated heterocycles. The van der Waals surface area contributed by atoms with Crippen molar-refractivity contribution in [2.45, 2.75) is 25.9 Å². The Hall–Kier alpha value is -2.85. The lowest BCUT2D eigenvalue weighted by Gasteiger charge is -2.37. The first-order valence-corrected chi connectivity index (χ1v) is 9.85. The molecule has 3 aromatic rings. The zero-order chi connectivity index (χ0) is 19.7. The van der Waals surface area contributed by atoms with Gasteiger partial charge in [-0.25, -0.2) is 0 Å². The van der Waals surface area contributed by atoms with Gasteiger partial charge in [0.05, 0.1) is 12.1 Å². The van der Waals surface area contributed by atoms with Gasteiger partial charge in [-0.2, -0.15) is 0 Å². The number of nitrogens with zero attached hydrogens (tertiary/aromatic N) is 1. The molecular formula is C24H27N3O. The highest BCUT2D eigenvalue weighted by atomic mass is 16.1. The van der Waals surface area contributed by atoms with Crippen LogP contribution in [0.15, 0.2) is 60.7 Å². The van der Waals surface area contributed by atoms with E-state index in [-0.39, 0.29) is 11.9 Å². The molecule has 1 amide bonds. The summed E-state index contributed by atoms with van der Waals surface area (Å²) in [6, 6.07) is 21.0. The van der Waals surface area contributed by atoms with Crippen LogP contribution in [0.3, 0.4) is 0 Å². The second-order valence-corrected chi connectivity index (χ2v) is 7.86. The van der Waals surface area contributed by atoms with Gasteiger partial charge in [0.15, 0.2) is 0 Å². The van der Waals surface area contributed by atoms with Crippen LogP contribution in [0.5, 0.6) is 0 Å². The predicted molar refractivity (Wildman–Crippen MR) is 116 cm³/mol. The quantitative estimate of drug-likeness (QED) is 0.698. The lowest BCUT2D eigenvalue weighted by molar-refractivity contribution is 0.0939. The van der Waals surface area contributed by atoms with Gasteiger partial charge in [-0.15, -0.1) is 0 Å². The summed E-state index contributed by atoms with van der Waals surface area (Å²) in [5, 5.41) is 9.07. The summed E-state index contributed by atoms with van der Waals surface area (Å²) in [7, 11) is 2.11. The van der Waals surface area contributed by atoms with Gasteiger partial charge in [0.1, 0.15) is 0 Å². The molecule has 0 spiro atoms. The molecule has 0 aliphatic carbocycles. The fourth-order valence-electron chi connectivity index (χ4n) is 3.96. The molecule has 4 nitrogen and oxygen atoms in total. The average Bonchev–Trinajstić information content (AvgIpc) is 2.67. The zero-order valence-corrected chi connectivity index (χ0v) is 16.7. The first-order valence-electron chi connectivity index (χ1n) is 9.85. The number of anilines is 1. The Morgan fingerprint density at radius 3 is 2.61 bits per heavy atom. The Bertz CT molecular complexity index is 1000. The summed E-state index contributed by atoms with van der Waals surface area (Å²) in [6.07, 6.45) is 0. The maximum atomic E-state index is 13.0. The lowest BCUT2D eigenvalue weighted by Crippen LogP contribution is -2.52. The second-order valence-electron chi connectivity index (χ2n) is 7.86. The molecule has 28 heavy (non-hydrogen) atoms. The smallest absolute Gasteiger partial charge is 0.252 e. The third-order valence-electron chi connectivity index (χ3n) is 5.55. The minimum Gasteiger partial charge on any atom is -0.380 e. The van der Waals surface area contributed by atoms with Gasteiger partial charge in [-0.05, 0) is 54.9 Å². The third-order valence-corrected chi connectivity index (χ3v) is 5.55. The Balaban J connectivity index is 1.52. The summed E-state index contributed by atoms with van der Waals surface area (Å²) in [5.41, 5.74) is 3.85. The van der Waals surface area contributed by atoms with Crippen LogP contribution in [0.4, 0.5) is 5.69 Å². The molecule has 144 valence electrons. The Morgan fingerprint density at radius 2 is 1.82 bits per heavy atom. The molecule has 1 atom stereocenters. The SMILES string of the molecule is Cc1ccc(NC2CN(C)C2)cc1C(=O)NC(C)c1cccc2ccccc12. The maximum Gasteiger partial charge on any atom is 0.252 e. The number of fused-ring (bicyclic) bond motifs is 1. The van der Waals surface area contributed by atoms with E-state index in [1.807, 2.05) is 44.2 Å². The number of carbonyl (C=O) groups excluding carboxylic acids is 1. The highest BCUT2D eigenvalue weighted by Gasteiger charge is 2.23. The Morgan fingerprint density at radius 1 is 1.07 bits per heavy atom. The van der Waals surface area contributed by atoms with Gasteiger partial charge in [-0.1, -0.05) is 48.5 Å². The Kier molecular flexibility index (Phi) is 5.05. The van der Waals surface area contributed by atoms with E-state index in [4.69, 9.17) is 0 Å². The number of carbonyl (C=O) groups is 1. The van der Waals surface area contributed by atoms with E-state index in [9.17, 15) is 4.79 Å². The molecule has 0 radical (unpaired) electrons. The van der Waals surface area contributed by atoms with Crippen molar-refractivity contribution < 1.29 is 4.79 Å². The largest absolute Gasteiger partial charge is 0.380 e. The summed E-state index contributed by atoms with van der Waals surface area (Å²) in [5.74, 6) is -0.0349. The molecule has 2 N–H and O–H groups in total. The molecule has 0 bridgehead atoms. The number of hydrogen-bond donors (Lipinski definition) is 2. The topological polar surface area (TPSA) is 44.4 Å². The fraction of sp³-hybridized carbons (Fsp3) is 0.292. The number of likely N-dealkylation sites (N-methyl/N-ethyl adjacent to an activating group) is 1. The molecule has 0 aromatic heterocycles. The summed E-state index contributed by atoms with van der Waals surface area (Å²) < 4.78 is 0. The van der Waals surface area contributed by atoms with Gasteiger partial charge >= 0.3 is 0 Å². The van der Waals surface area contributed by atoms with Crippen molar-refractivity contribution in [3.8, 4) is 0 Å². The molecule has 1 aliphatic heterocycles. The highest BCUT2D eigenvalue weighted by Crippen LogP contribution is 2.25. The van der Waals surface area contributed by atoms with Gasteiger partial charge in [0.2, 0.25) is 0 Å². The number of likely N-dealkylation sites (tertiary alicyclic amines) is 1. The van der Waals surface area contributed by atoms with Crippen molar-refractivity contribution in [2.75, 3.05) is 25.5 Å². The standard InChI is InChI=1S/C24H27N3O/c1-16-11-12-19(26-20-14-27(3)15-20)13-23(16)24(28)25-17(2)21-10-6-8-18-7-4-5-9-22(18)21/h4-13,17,20,26H,14-15H2,1-3H3,(H,25,28). The second kappa shape index (κ2) is 7.64. The van der Waals surface area contributed by atoms with Gasteiger partial charge < -0.3 is 15.5 Å². The van der Waals surface area contributed by atoms with Crippen molar-refractivity contribution in [3.05, 3.63) is 77.4 Å². The van der Waals surface area contributed by atoms with E-state index in [0.717, 1.165) is 35.5 Å². The van der Waals surface area contributed by atoms with E-state index in [2.05, 4.69) is 52.9 Å². The fourth-order valence-corrected chi connectivity index (χ4v) is 3.96. The Labute approximate surface area is 166 Å². The minimum absolute atomic E-state index is 0.0349. The number of nitrogens with one attached hydrogen (secondary N) is 2. The van der Waals surface area contributed by atoms with E-state index in [1.54, 1.807) is 0 Å². The minimum atomic E-state index is -0.0742. The normalized spacial score (nSPS) is 15.8. The third kappa shape index (κ3) is 3.73. The van der Waals surface area contributed by atoms with Crippen molar-refractivity contribution in [1.29, 1.82) is 0 Å². The van der Waals surface area contributed by atoms with Crippen molar-refractivity contribution in [2.24, 2.45) is 0 Å². The van der Waals surface area contributed by atoms with E-state index < -0.39 is 0 Å². The zero-order valence-electron chi connectivity index (χ0n) is 16.7. The van der Waals surface area contributed by atoms with Crippen LogP contribution >= 0.6 is 0 Å². The number of amides is 1. The first-order chi connectivity index (χ1) is 13.5. The molecule has 0 saturated carbocycles. The van der Waals surface area contributed by atoms with Crippen molar-refractivity contribution >= 4 is 22.4 Å². The molecule has 1 fully saturated rings.